The number of hydrogen-bond acceptors (Lipinski definition) is 3. The first-order valence-electron chi connectivity index (χ1n) is 7.11. The summed E-state index contributed by atoms with van der Waals surface area (Å²) in [5, 5.41) is 11.0. The molecule has 0 radical (unpaired) electrons. The van der Waals surface area contributed by atoms with Gasteiger partial charge in [0.2, 0.25) is 0 Å². The van der Waals surface area contributed by atoms with Crippen LogP contribution in [0.2, 0.25) is 0 Å². The van der Waals surface area contributed by atoms with Crippen LogP contribution in [0.15, 0.2) is 24.3 Å². The molecule has 3 heteroatoms. The van der Waals surface area contributed by atoms with Gasteiger partial charge in [0.25, 0.3) is 0 Å². The lowest BCUT2D eigenvalue weighted by Gasteiger charge is -2.43. The van der Waals surface area contributed by atoms with E-state index < -0.39 is 5.60 Å². The van der Waals surface area contributed by atoms with Gasteiger partial charge in [-0.25, -0.2) is 0 Å². The van der Waals surface area contributed by atoms with Crippen molar-refractivity contribution in [2.75, 3.05) is 13.2 Å². The van der Waals surface area contributed by atoms with Crippen LogP contribution in [0.25, 0.3) is 0 Å². The van der Waals surface area contributed by atoms with Crippen molar-refractivity contribution in [3.05, 3.63) is 29.8 Å². The maximum atomic E-state index is 11.0. The topological polar surface area (TPSA) is 38.7 Å². The Morgan fingerprint density at radius 1 is 1.37 bits per heavy atom. The Morgan fingerprint density at radius 3 is 2.84 bits per heavy atom. The molecule has 1 aliphatic heterocycles. The summed E-state index contributed by atoms with van der Waals surface area (Å²) in [5.41, 5.74) is -0.119. The first-order valence-corrected chi connectivity index (χ1v) is 7.11. The normalized spacial score (nSPS) is 31.2. The summed E-state index contributed by atoms with van der Waals surface area (Å²) in [5.74, 6) is 0.818. The van der Waals surface area contributed by atoms with Gasteiger partial charge in [0, 0.05) is 12.8 Å². The highest BCUT2D eigenvalue weighted by atomic mass is 16.5. The molecule has 1 aromatic rings. The third-order valence-corrected chi connectivity index (χ3v) is 4.06. The number of ether oxygens (including phenoxy) is 2. The number of benzene rings is 1. The van der Waals surface area contributed by atoms with Gasteiger partial charge in [0.1, 0.15) is 5.75 Å². The Labute approximate surface area is 115 Å². The molecular weight excluding hydrogens is 240 g/mol. The zero-order chi connectivity index (χ0) is 13.9. The molecule has 1 N–H and O–H groups in total. The van der Waals surface area contributed by atoms with Gasteiger partial charge in [-0.2, -0.15) is 0 Å². The van der Waals surface area contributed by atoms with Crippen molar-refractivity contribution in [2.45, 2.75) is 51.2 Å². The molecule has 106 valence electrons. The molecule has 1 heterocycles. The van der Waals surface area contributed by atoms with E-state index in [4.69, 9.17) is 9.47 Å². The largest absolute Gasteiger partial charge is 0.494 e. The zero-order valence-electron chi connectivity index (χ0n) is 12.1. The van der Waals surface area contributed by atoms with Gasteiger partial charge in [-0.05, 0) is 38.0 Å². The van der Waals surface area contributed by atoms with Crippen LogP contribution >= 0.6 is 0 Å². The Balaban J connectivity index is 2.26. The lowest BCUT2D eigenvalue weighted by atomic mass is 9.77. The van der Waals surface area contributed by atoms with Crippen LogP contribution in [0.3, 0.4) is 0 Å². The maximum Gasteiger partial charge on any atom is 0.119 e. The molecule has 0 aromatic heterocycles. The molecule has 2 unspecified atom stereocenters. The van der Waals surface area contributed by atoms with Crippen LogP contribution in [0.4, 0.5) is 0 Å². The second kappa shape index (κ2) is 5.51. The van der Waals surface area contributed by atoms with Gasteiger partial charge in [-0.15, -0.1) is 0 Å². The number of aliphatic hydroxyl groups is 1. The minimum Gasteiger partial charge on any atom is -0.494 e. The Hall–Kier alpha value is -1.06. The molecule has 0 spiro atoms. The molecule has 2 atom stereocenters. The predicted molar refractivity (Wildman–Crippen MR) is 75.4 cm³/mol. The molecule has 1 aromatic carbocycles. The van der Waals surface area contributed by atoms with Crippen molar-refractivity contribution in [3.63, 3.8) is 0 Å². The van der Waals surface area contributed by atoms with Gasteiger partial charge < -0.3 is 14.6 Å². The van der Waals surface area contributed by atoms with Gasteiger partial charge >= 0.3 is 0 Å². The van der Waals surface area contributed by atoms with Crippen LogP contribution in [0, 0.1) is 0 Å². The summed E-state index contributed by atoms with van der Waals surface area (Å²) >= 11 is 0. The summed E-state index contributed by atoms with van der Waals surface area (Å²) in [4.78, 5) is 0. The average Bonchev–Trinajstić information content (AvgIpc) is 2.39. The Kier molecular flexibility index (Phi) is 4.16. The molecule has 0 bridgehead atoms. The molecule has 3 nitrogen and oxygen atoms in total. The molecule has 2 rings (SSSR count). The smallest absolute Gasteiger partial charge is 0.119 e. The average molecular weight is 264 g/mol. The zero-order valence-corrected chi connectivity index (χ0v) is 12.1. The van der Waals surface area contributed by atoms with Crippen molar-refractivity contribution in [2.24, 2.45) is 0 Å². The second-order valence-corrected chi connectivity index (χ2v) is 5.57. The number of rotatable bonds is 4. The van der Waals surface area contributed by atoms with Gasteiger partial charge in [0.05, 0.1) is 24.4 Å². The monoisotopic (exact) mass is 264 g/mol. The van der Waals surface area contributed by atoms with Crippen LogP contribution in [0.1, 0.15) is 45.6 Å². The summed E-state index contributed by atoms with van der Waals surface area (Å²) in [7, 11) is 0. The van der Waals surface area contributed by atoms with Gasteiger partial charge in [0.15, 0.2) is 0 Å². The first kappa shape index (κ1) is 14.4. The highest BCUT2D eigenvalue weighted by molar-refractivity contribution is 5.33. The number of hydrogen-bond donors (Lipinski definition) is 1. The lowest BCUT2D eigenvalue weighted by molar-refractivity contribution is -0.157. The van der Waals surface area contributed by atoms with Crippen molar-refractivity contribution in [3.8, 4) is 5.75 Å². The van der Waals surface area contributed by atoms with Crippen LogP contribution in [-0.4, -0.2) is 23.9 Å². The third-order valence-electron chi connectivity index (χ3n) is 4.06. The van der Waals surface area contributed by atoms with E-state index in [9.17, 15) is 5.11 Å². The highest BCUT2D eigenvalue weighted by Crippen LogP contribution is 2.41. The predicted octanol–water partition coefficient (Wildman–Crippen LogP) is 3.25. The Morgan fingerprint density at radius 2 is 2.16 bits per heavy atom. The first-order chi connectivity index (χ1) is 9.01. The van der Waals surface area contributed by atoms with Crippen LogP contribution < -0.4 is 4.74 Å². The van der Waals surface area contributed by atoms with Crippen LogP contribution in [0.5, 0.6) is 5.75 Å². The van der Waals surface area contributed by atoms with Crippen molar-refractivity contribution in [1.29, 1.82) is 0 Å². The van der Waals surface area contributed by atoms with Gasteiger partial charge in [-0.3, -0.25) is 0 Å². The van der Waals surface area contributed by atoms with E-state index in [1.807, 2.05) is 31.2 Å². The van der Waals surface area contributed by atoms with Gasteiger partial charge in [-0.1, -0.05) is 19.1 Å². The second-order valence-electron chi connectivity index (χ2n) is 5.57. The molecular formula is C16H24O3. The van der Waals surface area contributed by atoms with Crippen LogP contribution in [-0.2, 0) is 10.3 Å². The molecule has 0 saturated carbocycles. The minimum absolute atomic E-state index is 0.241. The summed E-state index contributed by atoms with van der Waals surface area (Å²) in [6.45, 7) is 7.37. The van der Waals surface area contributed by atoms with Crippen molar-refractivity contribution < 1.29 is 14.6 Å². The quantitative estimate of drug-likeness (QED) is 0.907. The standard InChI is InChI=1S/C16H24O3/c1-4-15(3)12-16(17,9-10-19-15)13-7-6-8-14(11-13)18-5-2/h6-8,11,17H,4-5,9-10,12H2,1-3H3. The van der Waals surface area contributed by atoms with E-state index in [-0.39, 0.29) is 5.60 Å². The molecule has 19 heavy (non-hydrogen) atoms. The fourth-order valence-corrected chi connectivity index (χ4v) is 2.74. The molecule has 0 amide bonds. The summed E-state index contributed by atoms with van der Waals surface area (Å²) in [6, 6.07) is 7.79. The SMILES string of the molecule is CCOc1cccc(C2(O)CCOC(C)(CC)C2)c1. The van der Waals surface area contributed by atoms with E-state index in [2.05, 4.69) is 13.8 Å². The maximum absolute atomic E-state index is 11.0. The molecule has 1 fully saturated rings. The third kappa shape index (κ3) is 3.10. The minimum atomic E-state index is -0.809. The molecule has 1 saturated heterocycles. The molecule has 0 aliphatic carbocycles. The highest BCUT2D eigenvalue weighted by Gasteiger charge is 2.42. The summed E-state index contributed by atoms with van der Waals surface area (Å²) in [6.07, 6.45) is 2.17. The van der Waals surface area contributed by atoms with Crippen molar-refractivity contribution in [1.82, 2.24) is 0 Å². The van der Waals surface area contributed by atoms with E-state index >= 15 is 0 Å². The Bertz CT molecular complexity index is 432. The fourth-order valence-electron chi connectivity index (χ4n) is 2.74. The van der Waals surface area contributed by atoms with E-state index in [1.165, 1.54) is 0 Å². The lowest BCUT2D eigenvalue weighted by Crippen LogP contribution is -2.45. The fraction of sp³-hybridized carbons (Fsp3) is 0.625. The van der Waals surface area contributed by atoms with E-state index in [1.54, 1.807) is 0 Å². The molecule has 1 aliphatic rings. The summed E-state index contributed by atoms with van der Waals surface area (Å²) < 4.78 is 11.3. The van der Waals surface area contributed by atoms with E-state index in [0.29, 0.717) is 26.1 Å². The van der Waals surface area contributed by atoms with E-state index in [0.717, 1.165) is 17.7 Å². The van der Waals surface area contributed by atoms with Crippen molar-refractivity contribution >= 4 is 0 Å².